The van der Waals surface area contributed by atoms with Gasteiger partial charge in [0.2, 0.25) is 5.91 Å². The molecule has 0 saturated carbocycles. The molecule has 1 atom stereocenters. The maximum absolute atomic E-state index is 11.3. The molecule has 0 saturated heterocycles. The van der Waals surface area contributed by atoms with Crippen LogP contribution in [0.25, 0.3) is 0 Å². The normalized spacial score (nSPS) is 12.3. The number of hydrogen-bond acceptors (Lipinski definition) is 3. The third-order valence-electron chi connectivity index (χ3n) is 1.96. The van der Waals surface area contributed by atoms with E-state index in [4.69, 9.17) is 11.6 Å². The highest BCUT2D eigenvalue weighted by atomic mass is 35.5. The van der Waals surface area contributed by atoms with Crippen LogP contribution in [0.4, 0.5) is 4.79 Å². The average Bonchev–Trinajstić information content (AvgIpc) is 2.14. The monoisotopic (exact) mass is 249 g/mol. The molecule has 3 amide bonds. The van der Waals surface area contributed by atoms with Gasteiger partial charge in [0.05, 0.1) is 0 Å². The number of carbonyl (C=O) groups is 2. The van der Waals surface area contributed by atoms with Gasteiger partial charge < -0.3 is 10.2 Å². The van der Waals surface area contributed by atoms with Crippen molar-refractivity contribution in [2.75, 3.05) is 26.5 Å². The van der Waals surface area contributed by atoms with Crippen molar-refractivity contribution < 1.29 is 9.59 Å². The van der Waals surface area contributed by atoms with Crippen LogP contribution in [0.3, 0.4) is 0 Å². The Morgan fingerprint density at radius 3 is 2.50 bits per heavy atom. The molecule has 1 unspecified atom stereocenters. The molecule has 0 heterocycles. The fourth-order valence-corrected chi connectivity index (χ4v) is 1.23. The lowest BCUT2D eigenvalue weighted by Crippen LogP contribution is -2.44. The van der Waals surface area contributed by atoms with Gasteiger partial charge in [-0.05, 0) is 34.0 Å². The molecule has 0 aliphatic carbocycles. The van der Waals surface area contributed by atoms with E-state index >= 15 is 0 Å². The third kappa shape index (κ3) is 8.49. The summed E-state index contributed by atoms with van der Waals surface area (Å²) in [5.74, 6) is -0.137. The lowest BCUT2D eigenvalue weighted by Gasteiger charge is -2.16. The summed E-state index contributed by atoms with van der Waals surface area (Å²) < 4.78 is 0. The zero-order chi connectivity index (χ0) is 12.6. The molecule has 6 heteroatoms. The Morgan fingerprint density at radius 2 is 2.00 bits per heavy atom. The number of rotatable bonds is 6. The average molecular weight is 250 g/mol. The molecule has 0 radical (unpaired) electrons. The molecule has 2 N–H and O–H groups in total. The van der Waals surface area contributed by atoms with E-state index in [-0.39, 0.29) is 24.2 Å². The molecule has 0 aliphatic rings. The molecule has 0 aromatic rings. The highest BCUT2D eigenvalue weighted by Crippen LogP contribution is 1.92. The first-order valence-electron chi connectivity index (χ1n) is 5.26. The summed E-state index contributed by atoms with van der Waals surface area (Å²) >= 11 is 5.37. The first kappa shape index (κ1) is 15.2. The number of nitrogens with zero attached hydrogens (tertiary/aromatic N) is 1. The second-order valence-corrected chi connectivity index (χ2v) is 4.33. The van der Waals surface area contributed by atoms with Crippen LogP contribution in [0.2, 0.25) is 0 Å². The quantitative estimate of drug-likeness (QED) is 0.684. The van der Waals surface area contributed by atoms with Crippen molar-refractivity contribution in [1.82, 2.24) is 15.5 Å². The molecule has 0 aromatic carbocycles. The van der Waals surface area contributed by atoms with Gasteiger partial charge in [0.1, 0.15) is 0 Å². The molecule has 0 spiro atoms. The Hall–Kier alpha value is -0.810. The van der Waals surface area contributed by atoms with Crippen LogP contribution in [0.1, 0.15) is 19.8 Å². The van der Waals surface area contributed by atoms with E-state index in [1.165, 1.54) is 0 Å². The second kappa shape index (κ2) is 8.35. The highest BCUT2D eigenvalue weighted by molar-refractivity contribution is 6.19. The summed E-state index contributed by atoms with van der Waals surface area (Å²) in [5, 5.41) is 4.90. The number of hydrogen-bond donors (Lipinski definition) is 2. The SMILES string of the molecule is CC(CCN(C)C)NC(=O)NC(=O)CCCl. The largest absolute Gasteiger partial charge is 0.335 e. The summed E-state index contributed by atoms with van der Waals surface area (Å²) in [6.07, 6.45) is 0.991. The van der Waals surface area contributed by atoms with E-state index < -0.39 is 6.03 Å². The van der Waals surface area contributed by atoms with E-state index in [1.807, 2.05) is 25.9 Å². The summed E-state index contributed by atoms with van der Waals surface area (Å²) in [5.41, 5.74) is 0. The van der Waals surface area contributed by atoms with E-state index in [1.54, 1.807) is 0 Å². The van der Waals surface area contributed by atoms with Gasteiger partial charge in [0.15, 0.2) is 0 Å². The van der Waals surface area contributed by atoms with Gasteiger partial charge in [-0.1, -0.05) is 0 Å². The lowest BCUT2D eigenvalue weighted by atomic mass is 10.2. The van der Waals surface area contributed by atoms with Crippen molar-refractivity contribution in [2.45, 2.75) is 25.8 Å². The predicted molar refractivity (Wildman–Crippen MR) is 64.6 cm³/mol. The predicted octanol–water partition coefficient (Wildman–Crippen LogP) is 0.781. The van der Waals surface area contributed by atoms with Crippen LogP contribution in [0, 0.1) is 0 Å². The molecule has 0 aliphatic heterocycles. The number of imide groups is 1. The number of alkyl halides is 1. The first-order chi connectivity index (χ1) is 7.45. The van der Waals surface area contributed by atoms with Gasteiger partial charge in [0.25, 0.3) is 0 Å². The minimum absolute atomic E-state index is 0.0335. The Bertz CT molecular complexity index is 234. The van der Waals surface area contributed by atoms with Crippen LogP contribution in [-0.4, -0.2) is 49.4 Å². The number of carbonyl (C=O) groups excluding carboxylic acids is 2. The van der Waals surface area contributed by atoms with Crippen LogP contribution >= 0.6 is 11.6 Å². The Kier molecular flexibility index (Phi) is 7.93. The Morgan fingerprint density at radius 1 is 1.38 bits per heavy atom. The number of amides is 3. The first-order valence-corrected chi connectivity index (χ1v) is 5.80. The molecular formula is C10H20ClN3O2. The molecular weight excluding hydrogens is 230 g/mol. The molecule has 0 fully saturated rings. The summed E-state index contributed by atoms with van der Waals surface area (Å²) in [4.78, 5) is 24.4. The van der Waals surface area contributed by atoms with Crippen molar-refractivity contribution >= 4 is 23.5 Å². The summed E-state index contributed by atoms with van der Waals surface area (Å²) in [6.45, 7) is 2.78. The van der Waals surface area contributed by atoms with Crippen molar-refractivity contribution in [3.63, 3.8) is 0 Å². The molecule has 16 heavy (non-hydrogen) atoms. The van der Waals surface area contributed by atoms with E-state index in [0.717, 1.165) is 13.0 Å². The van der Waals surface area contributed by atoms with Crippen LogP contribution in [0.15, 0.2) is 0 Å². The zero-order valence-corrected chi connectivity index (χ0v) is 10.8. The van der Waals surface area contributed by atoms with Crippen molar-refractivity contribution in [2.24, 2.45) is 0 Å². The number of halogens is 1. The smallest absolute Gasteiger partial charge is 0.321 e. The summed E-state index contributed by atoms with van der Waals surface area (Å²) in [6, 6.07) is -0.424. The third-order valence-corrected chi connectivity index (χ3v) is 2.15. The number of nitrogens with one attached hydrogen (secondary N) is 2. The maximum Gasteiger partial charge on any atom is 0.321 e. The minimum atomic E-state index is -0.457. The van der Waals surface area contributed by atoms with Gasteiger partial charge >= 0.3 is 6.03 Å². The Labute approximate surface area is 102 Å². The maximum atomic E-state index is 11.3. The van der Waals surface area contributed by atoms with Gasteiger partial charge in [-0.15, -0.1) is 11.6 Å². The fraction of sp³-hybridized carbons (Fsp3) is 0.800. The van der Waals surface area contributed by atoms with Gasteiger partial charge in [-0.3, -0.25) is 10.1 Å². The second-order valence-electron chi connectivity index (χ2n) is 3.95. The standard InChI is InChI=1S/C10H20ClN3O2/c1-8(5-7-14(2)3)12-10(16)13-9(15)4-6-11/h8H,4-7H2,1-3H3,(H2,12,13,15,16). The summed E-state index contributed by atoms with van der Waals surface area (Å²) in [7, 11) is 3.94. The van der Waals surface area contributed by atoms with Crippen LogP contribution < -0.4 is 10.6 Å². The number of urea groups is 1. The molecule has 0 rings (SSSR count). The zero-order valence-electron chi connectivity index (χ0n) is 10.0. The van der Waals surface area contributed by atoms with E-state index in [9.17, 15) is 9.59 Å². The minimum Gasteiger partial charge on any atom is -0.335 e. The van der Waals surface area contributed by atoms with Crippen molar-refractivity contribution in [1.29, 1.82) is 0 Å². The molecule has 5 nitrogen and oxygen atoms in total. The molecule has 0 bridgehead atoms. The Balaban J connectivity index is 3.73. The van der Waals surface area contributed by atoms with Gasteiger partial charge in [-0.2, -0.15) is 0 Å². The van der Waals surface area contributed by atoms with Crippen LogP contribution in [-0.2, 0) is 4.79 Å². The molecule has 0 aromatic heterocycles. The van der Waals surface area contributed by atoms with Crippen molar-refractivity contribution in [3.05, 3.63) is 0 Å². The lowest BCUT2D eigenvalue weighted by molar-refractivity contribution is -0.119. The van der Waals surface area contributed by atoms with Crippen molar-refractivity contribution in [3.8, 4) is 0 Å². The fourth-order valence-electron chi connectivity index (χ4n) is 1.06. The molecule has 94 valence electrons. The van der Waals surface area contributed by atoms with E-state index in [0.29, 0.717) is 0 Å². The van der Waals surface area contributed by atoms with E-state index in [2.05, 4.69) is 10.6 Å². The highest BCUT2D eigenvalue weighted by Gasteiger charge is 2.10. The topological polar surface area (TPSA) is 61.4 Å². The van der Waals surface area contributed by atoms with Gasteiger partial charge in [-0.25, -0.2) is 4.79 Å². The van der Waals surface area contributed by atoms with Gasteiger partial charge in [0, 0.05) is 18.3 Å². The van der Waals surface area contributed by atoms with Crippen LogP contribution in [0.5, 0.6) is 0 Å².